The summed E-state index contributed by atoms with van der Waals surface area (Å²) in [5.74, 6) is 1.26. The number of methoxy groups -OCH3 is 2. The number of hydrogen-bond donors (Lipinski definition) is 2. The fourth-order valence-corrected chi connectivity index (χ4v) is 3.00. The van der Waals surface area contributed by atoms with E-state index in [1.807, 2.05) is 0 Å². The molecule has 2 N–H and O–H groups in total. The molecule has 0 aliphatic rings. The van der Waals surface area contributed by atoms with Crippen LogP contribution in [0.3, 0.4) is 0 Å². The molecule has 3 aromatic rings. The number of carbonyl (C=O) groups excluding carboxylic acids is 2. The van der Waals surface area contributed by atoms with Gasteiger partial charge in [-0.3, -0.25) is 9.59 Å². The maximum atomic E-state index is 12.3. The molecule has 0 fully saturated rings. The summed E-state index contributed by atoms with van der Waals surface area (Å²) in [5, 5.41) is 13.9. The lowest BCUT2D eigenvalue weighted by atomic mass is 10.3. The van der Waals surface area contributed by atoms with Crippen LogP contribution in [-0.2, 0) is 11.3 Å². The topological polar surface area (TPSA) is 112 Å². The summed E-state index contributed by atoms with van der Waals surface area (Å²) in [5.41, 5.74) is 0.613. The fraction of sp³-hybridized carbons (Fsp3) is 0.200. The highest BCUT2D eigenvalue weighted by molar-refractivity contribution is 7.13. The van der Waals surface area contributed by atoms with Gasteiger partial charge in [0.05, 0.1) is 20.8 Å². The van der Waals surface area contributed by atoms with Crippen LogP contribution < -0.4 is 24.8 Å². The van der Waals surface area contributed by atoms with Gasteiger partial charge in [-0.05, 0) is 48.5 Å². The number of hydrogen-bond acceptors (Lipinski definition) is 8. The molecule has 0 saturated carbocycles. The van der Waals surface area contributed by atoms with Crippen LogP contribution in [0.2, 0.25) is 0 Å². The first-order valence-corrected chi connectivity index (χ1v) is 9.70. The van der Waals surface area contributed by atoms with E-state index in [0.29, 0.717) is 27.9 Å². The molecule has 156 valence electrons. The van der Waals surface area contributed by atoms with Crippen molar-refractivity contribution in [3.63, 3.8) is 0 Å². The van der Waals surface area contributed by atoms with E-state index >= 15 is 0 Å². The third kappa shape index (κ3) is 5.92. The monoisotopic (exact) mass is 428 g/mol. The van der Waals surface area contributed by atoms with Crippen molar-refractivity contribution in [1.29, 1.82) is 0 Å². The molecule has 0 aliphatic carbocycles. The summed E-state index contributed by atoms with van der Waals surface area (Å²) in [6.45, 7) is 0.00817. The molecule has 2 aromatic carbocycles. The predicted molar refractivity (Wildman–Crippen MR) is 111 cm³/mol. The maximum absolute atomic E-state index is 12.3. The molecule has 10 heteroatoms. The number of aromatic nitrogens is 2. The number of nitrogens with one attached hydrogen (secondary N) is 2. The van der Waals surface area contributed by atoms with E-state index < -0.39 is 0 Å². The number of benzene rings is 2. The zero-order valence-electron chi connectivity index (χ0n) is 16.4. The standard InChI is InChI=1S/C20H20N4O5S/c1-27-14-5-3-13(4-6-14)22-19(26)20-24-23-18(30-20)11-21-17(25)12-29-16-9-7-15(28-2)8-10-16/h3-10H,11-12H2,1-2H3,(H,21,25)(H,22,26). The minimum absolute atomic E-state index is 0.143. The normalized spacial score (nSPS) is 10.2. The van der Waals surface area contributed by atoms with Crippen LogP contribution in [-0.4, -0.2) is 42.8 Å². The summed E-state index contributed by atoms with van der Waals surface area (Å²) in [4.78, 5) is 24.2. The predicted octanol–water partition coefficient (Wildman–Crippen LogP) is 2.50. The van der Waals surface area contributed by atoms with Gasteiger partial charge in [0.25, 0.3) is 11.8 Å². The van der Waals surface area contributed by atoms with Crippen LogP contribution in [0.25, 0.3) is 0 Å². The van der Waals surface area contributed by atoms with Crippen molar-refractivity contribution in [2.75, 3.05) is 26.1 Å². The first-order valence-electron chi connectivity index (χ1n) is 8.88. The number of amides is 2. The molecule has 30 heavy (non-hydrogen) atoms. The number of carbonyl (C=O) groups is 2. The molecule has 2 amide bonds. The first kappa shape index (κ1) is 21.1. The Labute approximate surface area is 177 Å². The molecule has 9 nitrogen and oxygen atoms in total. The van der Waals surface area contributed by atoms with Crippen molar-refractivity contribution < 1.29 is 23.8 Å². The van der Waals surface area contributed by atoms with Crippen LogP contribution in [0.1, 0.15) is 14.8 Å². The molecule has 0 bridgehead atoms. The Hall–Kier alpha value is -3.66. The molecule has 0 saturated heterocycles. The van der Waals surface area contributed by atoms with Crippen LogP contribution in [0.4, 0.5) is 5.69 Å². The van der Waals surface area contributed by atoms with Gasteiger partial charge in [-0.15, -0.1) is 10.2 Å². The Morgan fingerprint density at radius 1 is 0.900 bits per heavy atom. The third-order valence-corrected chi connectivity index (χ3v) is 4.80. The van der Waals surface area contributed by atoms with Crippen LogP contribution in [0.15, 0.2) is 48.5 Å². The third-order valence-electron chi connectivity index (χ3n) is 3.88. The van der Waals surface area contributed by atoms with E-state index in [-0.39, 0.29) is 30.0 Å². The fourth-order valence-electron chi connectivity index (χ4n) is 2.32. The lowest BCUT2D eigenvalue weighted by molar-refractivity contribution is -0.123. The first-order chi connectivity index (χ1) is 14.6. The Balaban J connectivity index is 1.44. The maximum Gasteiger partial charge on any atom is 0.286 e. The molecule has 0 atom stereocenters. The van der Waals surface area contributed by atoms with Crippen LogP contribution in [0, 0.1) is 0 Å². The van der Waals surface area contributed by atoms with E-state index in [2.05, 4.69) is 20.8 Å². The summed E-state index contributed by atoms with van der Waals surface area (Å²) in [6, 6.07) is 13.8. The van der Waals surface area contributed by atoms with E-state index in [1.165, 1.54) is 0 Å². The second-order valence-corrected chi connectivity index (χ2v) is 6.99. The van der Waals surface area contributed by atoms with Gasteiger partial charge in [0, 0.05) is 5.69 Å². The second kappa shape index (κ2) is 10.2. The van der Waals surface area contributed by atoms with Gasteiger partial charge in [-0.2, -0.15) is 0 Å². The van der Waals surface area contributed by atoms with Crippen molar-refractivity contribution >= 4 is 28.8 Å². The highest BCUT2D eigenvalue weighted by Crippen LogP contribution is 2.18. The van der Waals surface area contributed by atoms with Crippen LogP contribution >= 0.6 is 11.3 Å². The minimum Gasteiger partial charge on any atom is -0.497 e. The molecular formula is C20H20N4O5S. The van der Waals surface area contributed by atoms with Crippen molar-refractivity contribution in [3.05, 3.63) is 58.5 Å². The smallest absolute Gasteiger partial charge is 0.286 e. The number of anilines is 1. The summed E-state index contributed by atoms with van der Waals surface area (Å²) < 4.78 is 15.6. The highest BCUT2D eigenvalue weighted by Gasteiger charge is 2.14. The molecule has 0 aliphatic heterocycles. The zero-order valence-corrected chi connectivity index (χ0v) is 17.2. The van der Waals surface area contributed by atoms with E-state index in [4.69, 9.17) is 14.2 Å². The van der Waals surface area contributed by atoms with E-state index in [0.717, 1.165) is 11.3 Å². The Morgan fingerprint density at radius 2 is 1.50 bits per heavy atom. The average Bonchev–Trinajstić information content (AvgIpc) is 3.26. The van der Waals surface area contributed by atoms with Gasteiger partial charge in [0.2, 0.25) is 5.01 Å². The molecule has 0 unspecified atom stereocenters. The number of ether oxygens (including phenoxy) is 3. The minimum atomic E-state index is -0.377. The molecule has 1 aromatic heterocycles. The van der Waals surface area contributed by atoms with Gasteiger partial charge in [0.15, 0.2) is 6.61 Å². The van der Waals surface area contributed by atoms with Crippen molar-refractivity contribution in [2.24, 2.45) is 0 Å². The van der Waals surface area contributed by atoms with Gasteiger partial charge in [-0.1, -0.05) is 11.3 Å². The molecule has 1 heterocycles. The van der Waals surface area contributed by atoms with Gasteiger partial charge in [-0.25, -0.2) is 0 Å². The average molecular weight is 428 g/mol. The quantitative estimate of drug-likeness (QED) is 0.539. The number of rotatable bonds is 9. The zero-order chi connectivity index (χ0) is 21.3. The number of nitrogens with zero attached hydrogens (tertiary/aromatic N) is 2. The van der Waals surface area contributed by atoms with Crippen molar-refractivity contribution in [2.45, 2.75) is 6.54 Å². The largest absolute Gasteiger partial charge is 0.497 e. The molecular weight excluding hydrogens is 408 g/mol. The Morgan fingerprint density at radius 3 is 2.13 bits per heavy atom. The highest BCUT2D eigenvalue weighted by atomic mass is 32.1. The van der Waals surface area contributed by atoms with Crippen molar-refractivity contribution in [3.8, 4) is 17.2 Å². The summed E-state index contributed by atoms with van der Waals surface area (Å²) >= 11 is 1.10. The lowest BCUT2D eigenvalue weighted by Crippen LogP contribution is -2.28. The lowest BCUT2D eigenvalue weighted by Gasteiger charge is -2.07. The van der Waals surface area contributed by atoms with Crippen molar-refractivity contribution in [1.82, 2.24) is 15.5 Å². The molecule has 0 radical (unpaired) electrons. The molecule has 3 rings (SSSR count). The van der Waals surface area contributed by atoms with Gasteiger partial charge < -0.3 is 24.8 Å². The van der Waals surface area contributed by atoms with Crippen LogP contribution in [0.5, 0.6) is 17.2 Å². The Kier molecular flexibility index (Phi) is 7.17. The molecule has 0 spiro atoms. The van der Waals surface area contributed by atoms with Gasteiger partial charge >= 0.3 is 0 Å². The van der Waals surface area contributed by atoms with E-state index in [1.54, 1.807) is 62.8 Å². The van der Waals surface area contributed by atoms with Gasteiger partial charge in [0.1, 0.15) is 22.3 Å². The summed E-state index contributed by atoms with van der Waals surface area (Å²) in [6.07, 6.45) is 0. The second-order valence-electron chi connectivity index (χ2n) is 5.92. The SMILES string of the molecule is COc1ccc(NC(=O)c2nnc(CNC(=O)COc3ccc(OC)cc3)s2)cc1. The summed E-state index contributed by atoms with van der Waals surface area (Å²) in [7, 11) is 3.14. The van der Waals surface area contributed by atoms with E-state index in [9.17, 15) is 9.59 Å². The Bertz CT molecular complexity index is 989.